The van der Waals surface area contributed by atoms with Crippen LogP contribution >= 0.6 is 0 Å². The maximum atomic E-state index is 10.4. The molecule has 0 spiro atoms. The van der Waals surface area contributed by atoms with Crippen LogP contribution in [0.4, 0.5) is 0 Å². The molecule has 1 N–H and O–H groups in total. The monoisotopic (exact) mass is 118 g/mol. The van der Waals surface area contributed by atoms with Gasteiger partial charge in [0, 0.05) is 13.5 Å². The number of aliphatic hydroxyl groups is 1. The van der Waals surface area contributed by atoms with Crippen LogP contribution in [-0.2, 0) is 9.53 Å². The van der Waals surface area contributed by atoms with Gasteiger partial charge in [0.25, 0.3) is 0 Å². The van der Waals surface area contributed by atoms with E-state index in [1.807, 2.05) is 0 Å². The first-order valence-electron chi connectivity index (χ1n) is 2.42. The molecule has 0 heterocycles. The molecule has 3 heteroatoms. The van der Waals surface area contributed by atoms with Gasteiger partial charge in [-0.1, -0.05) is 0 Å². The molecule has 0 saturated heterocycles. The van der Waals surface area contributed by atoms with Crippen molar-refractivity contribution in [2.45, 2.75) is 6.42 Å². The molecule has 0 atom stereocenters. The van der Waals surface area contributed by atoms with Crippen molar-refractivity contribution in [3.63, 3.8) is 0 Å². The van der Waals surface area contributed by atoms with E-state index in [-0.39, 0.29) is 25.4 Å². The molecule has 0 unspecified atom stereocenters. The number of hydrogen-bond acceptors (Lipinski definition) is 3. The fourth-order valence-electron chi connectivity index (χ4n) is 0.358. The van der Waals surface area contributed by atoms with E-state index in [1.54, 1.807) is 0 Å². The Kier molecular flexibility index (Phi) is 4.50. The van der Waals surface area contributed by atoms with Crippen LogP contribution in [0.15, 0.2) is 0 Å². The van der Waals surface area contributed by atoms with Crippen molar-refractivity contribution in [3.8, 4) is 0 Å². The van der Waals surface area contributed by atoms with E-state index in [4.69, 9.17) is 5.11 Å². The minimum Gasteiger partial charge on any atom is -0.396 e. The van der Waals surface area contributed by atoms with Crippen LogP contribution < -0.4 is 0 Å². The van der Waals surface area contributed by atoms with E-state index in [0.717, 1.165) is 0 Å². The number of Topliss-reactive ketones (excluding diaryl/α,β-unsaturated/α-hetero) is 1. The van der Waals surface area contributed by atoms with E-state index < -0.39 is 0 Å². The Hall–Kier alpha value is -0.410. The average Bonchev–Trinajstić information content (AvgIpc) is 1.68. The van der Waals surface area contributed by atoms with E-state index in [0.29, 0.717) is 0 Å². The number of rotatable bonds is 4. The Labute approximate surface area is 48.3 Å². The first-order valence-corrected chi connectivity index (χ1v) is 2.42. The Balaban J connectivity index is 3.06. The molecule has 0 saturated carbocycles. The number of aliphatic hydroxyl groups excluding tert-OH is 1. The Morgan fingerprint density at radius 1 is 1.75 bits per heavy atom. The number of methoxy groups -OCH3 is 1. The summed E-state index contributed by atoms with van der Waals surface area (Å²) in [6.45, 7) is 0.0305. The maximum absolute atomic E-state index is 10.4. The predicted octanol–water partition coefficient (Wildman–Crippen LogP) is -0.416. The molecule has 8 heavy (non-hydrogen) atoms. The molecular weight excluding hydrogens is 108 g/mol. The highest BCUT2D eigenvalue weighted by Crippen LogP contribution is 1.79. The molecule has 0 fully saturated rings. The minimum atomic E-state index is -0.0812. The fourth-order valence-corrected chi connectivity index (χ4v) is 0.358. The minimum absolute atomic E-state index is 0.0602. The number of hydrogen-bond donors (Lipinski definition) is 1. The predicted molar refractivity (Wildman–Crippen MR) is 28.6 cm³/mol. The average molecular weight is 118 g/mol. The lowest BCUT2D eigenvalue weighted by Gasteiger charge is -1.92. The van der Waals surface area contributed by atoms with Gasteiger partial charge in [-0.25, -0.2) is 0 Å². The van der Waals surface area contributed by atoms with Crippen LogP contribution in [0.5, 0.6) is 0 Å². The Bertz CT molecular complexity index is 62.1. The van der Waals surface area contributed by atoms with E-state index >= 15 is 0 Å². The first-order chi connectivity index (χ1) is 3.81. The summed E-state index contributed by atoms with van der Waals surface area (Å²) in [5.74, 6) is -0.0602. The van der Waals surface area contributed by atoms with Crippen molar-refractivity contribution in [1.82, 2.24) is 0 Å². The number of ketones is 1. The van der Waals surface area contributed by atoms with Gasteiger partial charge in [-0.2, -0.15) is 0 Å². The highest BCUT2D eigenvalue weighted by molar-refractivity contribution is 5.79. The van der Waals surface area contributed by atoms with Crippen LogP contribution in [-0.4, -0.2) is 31.2 Å². The molecule has 3 nitrogen and oxygen atoms in total. The van der Waals surface area contributed by atoms with Gasteiger partial charge in [0.05, 0.1) is 6.61 Å². The summed E-state index contributed by atoms with van der Waals surface area (Å²) in [6, 6.07) is 0. The van der Waals surface area contributed by atoms with Gasteiger partial charge in [0.15, 0.2) is 5.78 Å². The third-order valence-corrected chi connectivity index (χ3v) is 0.696. The Morgan fingerprint density at radius 2 is 2.38 bits per heavy atom. The zero-order chi connectivity index (χ0) is 6.41. The van der Waals surface area contributed by atoms with Crippen molar-refractivity contribution in [3.05, 3.63) is 0 Å². The lowest BCUT2D eigenvalue weighted by atomic mass is 10.3. The smallest absolute Gasteiger partial charge is 0.160 e. The number of carbonyl (C=O) groups is 1. The third-order valence-electron chi connectivity index (χ3n) is 0.696. The summed E-state index contributed by atoms with van der Waals surface area (Å²) in [4.78, 5) is 10.4. The van der Waals surface area contributed by atoms with Crippen molar-refractivity contribution in [1.29, 1.82) is 0 Å². The summed E-state index contributed by atoms with van der Waals surface area (Å²) >= 11 is 0. The highest BCUT2D eigenvalue weighted by atomic mass is 16.5. The van der Waals surface area contributed by atoms with Crippen molar-refractivity contribution < 1.29 is 14.6 Å². The van der Waals surface area contributed by atoms with Crippen molar-refractivity contribution in [2.75, 3.05) is 20.3 Å². The fraction of sp³-hybridized carbons (Fsp3) is 0.800. The first kappa shape index (κ1) is 7.59. The topological polar surface area (TPSA) is 46.5 Å². The quantitative estimate of drug-likeness (QED) is 0.545. The lowest BCUT2D eigenvalue weighted by Crippen LogP contribution is -2.07. The van der Waals surface area contributed by atoms with E-state index in [2.05, 4.69) is 4.74 Å². The molecule has 48 valence electrons. The number of carbonyl (C=O) groups excluding carboxylic acids is 1. The molecular formula is C5H10O3. The van der Waals surface area contributed by atoms with Crippen LogP contribution in [0.25, 0.3) is 0 Å². The van der Waals surface area contributed by atoms with Gasteiger partial charge < -0.3 is 9.84 Å². The highest BCUT2D eigenvalue weighted by Gasteiger charge is 1.96. The maximum Gasteiger partial charge on any atom is 0.160 e. The molecule has 0 aromatic heterocycles. The van der Waals surface area contributed by atoms with Crippen LogP contribution in [0.1, 0.15) is 6.42 Å². The van der Waals surface area contributed by atoms with Crippen LogP contribution in [0.2, 0.25) is 0 Å². The molecule has 0 rings (SSSR count). The van der Waals surface area contributed by atoms with Crippen LogP contribution in [0.3, 0.4) is 0 Å². The summed E-state index contributed by atoms with van der Waals surface area (Å²) in [6.07, 6.45) is 0.202. The van der Waals surface area contributed by atoms with Crippen molar-refractivity contribution in [2.24, 2.45) is 0 Å². The summed E-state index contributed by atoms with van der Waals surface area (Å²) in [5.41, 5.74) is 0. The zero-order valence-electron chi connectivity index (χ0n) is 4.89. The van der Waals surface area contributed by atoms with E-state index in [9.17, 15) is 4.79 Å². The molecule has 0 aliphatic carbocycles. The molecule has 0 aliphatic heterocycles. The number of ether oxygens (including phenoxy) is 1. The second kappa shape index (κ2) is 4.74. The molecule has 0 aromatic rings. The van der Waals surface area contributed by atoms with Gasteiger partial charge in [-0.15, -0.1) is 0 Å². The zero-order valence-corrected chi connectivity index (χ0v) is 4.89. The van der Waals surface area contributed by atoms with Crippen LogP contribution in [0, 0.1) is 0 Å². The standard InChI is InChI=1S/C5H10O3/c1-8-4-5(7)2-3-6/h6H,2-4H2,1H3. The normalized spacial score (nSPS) is 9.25. The molecule has 0 amide bonds. The SMILES string of the molecule is COCC(=O)CCO. The summed E-state index contributed by atoms with van der Waals surface area (Å²) in [7, 11) is 1.45. The molecule has 0 aliphatic rings. The van der Waals surface area contributed by atoms with Gasteiger partial charge >= 0.3 is 0 Å². The molecule has 0 aromatic carbocycles. The second-order valence-electron chi connectivity index (χ2n) is 1.45. The molecule has 0 radical (unpaired) electrons. The van der Waals surface area contributed by atoms with Crippen molar-refractivity contribution >= 4 is 5.78 Å². The van der Waals surface area contributed by atoms with E-state index in [1.165, 1.54) is 7.11 Å². The van der Waals surface area contributed by atoms with Gasteiger partial charge in [0.2, 0.25) is 0 Å². The summed E-state index contributed by atoms with van der Waals surface area (Å²) < 4.78 is 4.50. The van der Waals surface area contributed by atoms with Gasteiger partial charge in [0.1, 0.15) is 6.61 Å². The van der Waals surface area contributed by atoms with Gasteiger partial charge in [-0.3, -0.25) is 4.79 Å². The largest absolute Gasteiger partial charge is 0.396 e. The Morgan fingerprint density at radius 3 is 2.75 bits per heavy atom. The second-order valence-corrected chi connectivity index (χ2v) is 1.45. The molecule has 0 bridgehead atoms. The lowest BCUT2D eigenvalue weighted by molar-refractivity contribution is -0.123. The van der Waals surface area contributed by atoms with Gasteiger partial charge in [-0.05, 0) is 0 Å². The third kappa shape index (κ3) is 3.77. The summed E-state index contributed by atoms with van der Waals surface area (Å²) in [5, 5.41) is 8.19.